The van der Waals surface area contributed by atoms with Crippen LogP contribution in [0.15, 0.2) is 24.5 Å². The van der Waals surface area contributed by atoms with Gasteiger partial charge in [0.2, 0.25) is 5.91 Å². The van der Waals surface area contributed by atoms with E-state index < -0.39 is 0 Å². The van der Waals surface area contributed by atoms with Crippen molar-refractivity contribution in [2.45, 2.75) is 31.2 Å². The number of carbonyl (C=O) groups is 2. The summed E-state index contributed by atoms with van der Waals surface area (Å²) in [7, 11) is 1.66. The first-order valence-corrected chi connectivity index (χ1v) is 8.15. The number of piperidine rings is 1. The smallest absolute Gasteiger partial charge is 0.255 e. The highest BCUT2D eigenvalue weighted by Crippen LogP contribution is 2.39. The van der Waals surface area contributed by atoms with E-state index in [2.05, 4.69) is 4.98 Å². The van der Waals surface area contributed by atoms with Gasteiger partial charge in [-0.15, -0.1) is 0 Å². The molecule has 0 N–H and O–H groups in total. The third-order valence-corrected chi connectivity index (χ3v) is 5.09. The maximum Gasteiger partial charge on any atom is 0.255 e. The molecule has 2 fully saturated rings. The van der Waals surface area contributed by atoms with Crippen molar-refractivity contribution in [2.75, 3.05) is 33.4 Å². The molecule has 0 saturated carbocycles. The van der Waals surface area contributed by atoms with Gasteiger partial charge in [-0.2, -0.15) is 0 Å². The van der Waals surface area contributed by atoms with Crippen molar-refractivity contribution in [3.05, 3.63) is 30.1 Å². The molecule has 124 valence electrons. The van der Waals surface area contributed by atoms with Gasteiger partial charge in [0, 0.05) is 51.1 Å². The molecule has 3 heterocycles. The molecule has 1 aromatic rings. The molecule has 1 spiro atoms. The molecule has 0 bridgehead atoms. The second-order valence-corrected chi connectivity index (χ2v) is 6.30. The Bertz CT molecular complexity index is 568. The largest absolute Gasteiger partial charge is 0.383 e. The highest BCUT2D eigenvalue weighted by atomic mass is 16.5. The Kier molecular flexibility index (Phi) is 4.61. The lowest BCUT2D eigenvalue weighted by molar-refractivity contribution is -0.133. The fourth-order valence-electron chi connectivity index (χ4n) is 3.74. The molecule has 6 heteroatoms. The summed E-state index contributed by atoms with van der Waals surface area (Å²) >= 11 is 0. The van der Waals surface area contributed by atoms with Crippen LogP contribution in [0.3, 0.4) is 0 Å². The van der Waals surface area contributed by atoms with Gasteiger partial charge >= 0.3 is 0 Å². The molecular weight excluding hydrogens is 294 g/mol. The van der Waals surface area contributed by atoms with Gasteiger partial charge in [-0.05, 0) is 31.4 Å². The monoisotopic (exact) mass is 317 g/mol. The predicted molar refractivity (Wildman–Crippen MR) is 84.9 cm³/mol. The molecule has 0 aliphatic carbocycles. The average Bonchev–Trinajstić information content (AvgIpc) is 2.90. The van der Waals surface area contributed by atoms with E-state index in [1.807, 2.05) is 9.80 Å². The third kappa shape index (κ3) is 3.08. The number of hydrogen-bond donors (Lipinski definition) is 0. The molecule has 0 aromatic carbocycles. The molecule has 0 unspecified atom stereocenters. The van der Waals surface area contributed by atoms with Gasteiger partial charge in [-0.25, -0.2) is 0 Å². The molecule has 2 aliphatic heterocycles. The van der Waals surface area contributed by atoms with Crippen molar-refractivity contribution >= 4 is 11.8 Å². The quantitative estimate of drug-likeness (QED) is 0.840. The van der Waals surface area contributed by atoms with E-state index in [-0.39, 0.29) is 17.4 Å². The highest BCUT2D eigenvalue weighted by molar-refractivity contribution is 5.94. The van der Waals surface area contributed by atoms with Crippen LogP contribution in [0.2, 0.25) is 0 Å². The van der Waals surface area contributed by atoms with Crippen LogP contribution < -0.4 is 0 Å². The van der Waals surface area contributed by atoms with Crippen molar-refractivity contribution in [2.24, 2.45) is 0 Å². The standard InChI is InChI=1S/C17H23N3O3/c1-23-12-11-20-15(21)4-5-17(20)6-9-19(10-7-17)16(22)14-3-2-8-18-13-14/h2-3,8,13H,4-7,9-12H2,1H3. The number of amides is 2. The van der Waals surface area contributed by atoms with E-state index in [4.69, 9.17) is 4.74 Å². The number of likely N-dealkylation sites (tertiary alicyclic amines) is 2. The Morgan fingerprint density at radius 2 is 2.13 bits per heavy atom. The zero-order chi connectivity index (χ0) is 16.3. The van der Waals surface area contributed by atoms with Gasteiger partial charge in [0.1, 0.15) is 0 Å². The first-order valence-electron chi connectivity index (χ1n) is 8.15. The molecule has 1 aromatic heterocycles. The van der Waals surface area contributed by atoms with Gasteiger partial charge in [-0.3, -0.25) is 14.6 Å². The maximum atomic E-state index is 12.5. The van der Waals surface area contributed by atoms with Crippen LogP contribution in [0.5, 0.6) is 0 Å². The lowest BCUT2D eigenvalue weighted by atomic mass is 9.84. The first kappa shape index (κ1) is 15.9. The number of hydrogen-bond acceptors (Lipinski definition) is 4. The van der Waals surface area contributed by atoms with Crippen molar-refractivity contribution in [1.29, 1.82) is 0 Å². The molecule has 0 radical (unpaired) electrons. The summed E-state index contributed by atoms with van der Waals surface area (Å²) in [6.45, 7) is 2.58. The number of nitrogens with zero attached hydrogens (tertiary/aromatic N) is 3. The van der Waals surface area contributed by atoms with E-state index in [0.717, 1.165) is 19.3 Å². The first-order chi connectivity index (χ1) is 11.2. The highest BCUT2D eigenvalue weighted by Gasteiger charge is 2.47. The summed E-state index contributed by atoms with van der Waals surface area (Å²) in [6.07, 6.45) is 6.46. The minimum atomic E-state index is -0.0820. The summed E-state index contributed by atoms with van der Waals surface area (Å²) in [5, 5.41) is 0. The number of carbonyl (C=O) groups excluding carboxylic acids is 2. The van der Waals surface area contributed by atoms with Gasteiger partial charge < -0.3 is 14.5 Å². The second kappa shape index (κ2) is 6.66. The normalized spacial score (nSPS) is 20.3. The SMILES string of the molecule is COCCN1C(=O)CCC12CCN(C(=O)c1cccnc1)CC2. The lowest BCUT2D eigenvalue weighted by Crippen LogP contribution is -2.54. The van der Waals surface area contributed by atoms with Crippen LogP contribution >= 0.6 is 0 Å². The summed E-state index contributed by atoms with van der Waals surface area (Å²) in [5.41, 5.74) is 0.545. The molecule has 0 atom stereocenters. The van der Waals surface area contributed by atoms with Crippen molar-refractivity contribution < 1.29 is 14.3 Å². The molecule has 23 heavy (non-hydrogen) atoms. The van der Waals surface area contributed by atoms with Crippen LogP contribution in [0.1, 0.15) is 36.0 Å². The summed E-state index contributed by atoms with van der Waals surface area (Å²) in [5.74, 6) is 0.245. The average molecular weight is 317 g/mol. The van der Waals surface area contributed by atoms with Crippen LogP contribution in [-0.2, 0) is 9.53 Å². The molecule has 2 amide bonds. The van der Waals surface area contributed by atoms with E-state index in [0.29, 0.717) is 38.2 Å². The van der Waals surface area contributed by atoms with Crippen molar-refractivity contribution in [1.82, 2.24) is 14.8 Å². The Balaban J connectivity index is 1.65. The minimum absolute atomic E-state index is 0.0284. The number of pyridine rings is 1. The third-order valence-electron chi connectivity index (χ3n) is 5.09. The number of ether oxygens (including phenoxy) is 1. The predicted octanol–water partition coefficient (Wildman–Crippen LogP) is 1.33. The molecular formula is C17H23N3O3. The zero-order valence-corrected chi connectivity index (χ0v) is 13.5. The molecule has 2 aliphatic rings. The van der Waals surface area contributed by atoms with Gasteiger partial charge in [0.25, 0.3) is 5.91 Å². The Morgan fingerprint density at radius 1 is 1.35 bits per heavy atom. The van der Waals surface area contributed by atoms with E-state index in [1.54, 1.807) is 31.6 Å². The Hall–Kier alpha value is -1.95. The van der Waals surface area contributed by atoms with Crippen LogP contribution in [0.4, 0.5) is 0 Å². The van der Waals surface area contributed by atoms with Crippen molar-refractivity contribution in [3.8, 4) is 0 Å². The topological polar surface area (TPSA) is 62.7 Å². The van der Waals surface area contributed by atoms with Gasteiger partial charge in [-0.1, -0.05) is 0 Å². The second-order valence-electron chi connectivity index (χ2n) is 6.30. The number of rotatable bonds is 4. The Morgan fingerprint density at radius 3 is 2.78 bits per heavy atom. The van der Waals surface area contributed by atoms with Gasteiger partial charge in [0.05, 0.1) is 12.2 Å². The molecule has 3 rings (SSSR count). The lowest BCUT2D eigenvalue weighted by Gasteiger charge is -2.45. The fraction of sp³-hybridized carbons (Fsp3) is 0.588. The molecule has 2 saturated heterocycles. The summed E-state index contributed by atoms with van der Waals surface area (Å²) < 4.78 is 5.14. The zero-order valence-electron chi connectivity index (χ0n) is 13.5. The van der Waals surface area contributed by atoms with E-state index in [1.165, 1.54) is 0 Å². The van der Waals surface area contributed by atoms with E-state index >= 15 is 0 Å². The Labute approximate surface area is 136 Å². The fourth-order valence-corrected chi connectivity index (χ4v) is 3.74. The summed E-state index contributed by atoms with van der Waals surface area (Å²) in [4.78, 5) is 32.6. The number of methoxy groups -OCH3 is 1. The number of aromatic nitrogens is 1. The van der Waals surface area contributed by atoms with Crippen LogP contribution in [0, 0.1) is 0 Å². The molecule has 6 nitrogen and oxygen atoms in total. The summed E-state index contributed by atoms with van der Waals surface area (Å²) in [6, 6.07) is 3.57. The van der Waals surface area contributed by atoms with E-state index in [9.17, 15) is 9.59 Å². The van der Waals surface area contributed by atoms with Crippen LogP contribution in [0.25, 0.3) is 0 Å². The minimum Gasteiger partial charge on any atom is -0.383 e. The maximum absolute atomic E-state index is 12.5. The van der Waals surface area contributed by atoms with Crippen LogP contribution in [-0.4, -0.2) is 65.5 Å². The van der Waals surface area contributed by atoms with Gasteiger partial charge in [0.15, 0.2) is 0 Å². The van der Waals surface area contributed by atoms with Crippen molar-refractivity contribution in [3.63, 3.8) is 0 Å².